The molecule has 0 saturated heterocycles. The Labute approximate surface area is 92.9 Å². The molecule has 0 aliphatic rings. The van der Waals surface area contributed by atoms with Crippen molar-refractivity contribution in [1.29, 1.82) is 0 Å². The normalized spacial score (nSPS) is 12.6. The molecular weight excluding hydrogens is 206 g/mol. The molecule has 0 radical (unpaired) electrons. The molecule has 1 atom stereocenters. The van der Waals surface area contributed by atoms with E-state index in [0.29, 0.717) is 18.1 Å². The summed E-state index contributed by atoms with van der Waals surface area (Å²) in [6, 6.07) is 9.11. The van der Waals surface area contributed by atoms with E-state index in [2.05, 4.69) is 10.1 Å². The van der Waals surface area contributed by atoms with Crippen molar-refractivity contribution < 1.29 is 9.63 Å². The van der Waals surface area contributed by atoms with Gasteiger partial charge in [0, 0.05) is 6.42 Å². The Kier molecular flexibility index (Phi) is 3.28. The van der Waals surface area contributed by atoms with Gasteiger partial charge >= 0.3 is 0 Å². The standard InChI is InChI=1S/C11H13N3O2/c12-10(8-4-2-1-3-5-8)11-13-9(6-7-15)14-16-11/h1-5,10,15H,6-7,12H2/t10-/m0/s1. The molecule has 5 heteroatoms. The molecule has 0 fully saturated rings. The molecule has 2 aromatic rings. The second kappa shape index (κ2) is 4.87. The van der Waals surface area contributed by atoms with Crippen LogP contribution in [0.25, 0.3) is 0 Å². The van der Waals surface area contributed by atoms with Crippen LogP contribution in [0.3, 0.4) is 0 Å². The number of nitrogens with two attached hydrogens (primary N) is 1. The first-order chi connectivity index (χ1) is 7.81. The molecule has 0 aliphatic carbocycles. The maximum atomic E-state index is 8.73. The number of nitrogens with zero attached hydrogens (tertiary/aromatic N) is 2. The Bertz CT molecular complexity index is 442. The van der Waals surface area contributed by atoms with Crippen molar-refractivity contribution in [2.24, 2.45) is 5.73 Å². The van der Waals surface area contributed by atoms with E-state index in [-0.39, 0.29) is 6.61 Å². The number of aliphatic hydroxyl groups is 1. The third-order valence-corrected chi connectivity index (χ3v) is 2.24. The smallest absolute Gasteiger partial charge is 0.248 e. The summed E-state index contributed by atoms with van der Waals surface area (Å²) in [5, 5.41) is 12.5. The minimum absolute atomic E-state index is 0.000448. The number of hydrogen-bond acceptors (Lipinski definition) is 5. The van der Waals surface area contributed by atoms with Crippen molar-refractivity contribution in [1.82, 2.24) is 10.1 Å². The molecule has 1 aromatic carbocycles. The van der Waals surface area contributed by atoms with Gasteiger partial charge in [-0.1, -0.05) is 35.5 Å². The first-order valence-corrected chi connectivity index (χ1v) is 5.05. The maximum absolute atomic E-state index is 8.73. The molecule has 16 heavy (non-hydrogen) atoms. The Morgan fingerprint density at radius 2 is 2.06 bits per heavy atom. The van der Waals surface area contributed by atoms with Crippen LogP contribution in [0.5, 0.6) is 0 Å². The highest BCUT2D eigenvalue weighted by atomic mass is 16.5. The number of benzene rings is 1. The van der Waals surface area contributed by atoms with Crippen LogP contribution in [-0.2, 0) is 6.42 Å². The number of rotatable bonds is 4. The van der Waals surface area contributed by atoms with E-state index < -0.39 is 6.04 Å². The molecule has 0 saturated carbocycles. The van der Waals surface area contributed by atoms with Gasteiger partial charge in [-0.15, -0.1) is 0 Å². The van der Waals surface area contributed by atoms with Crippen LogP contribution in [0.15, 0.2) is 34.9 Å². The zero-order chi connectivity index (χ0) is 11.4. The third-order valence-electron chi connectivity index (χ3n) is 2.24. The minimum Gasteiger partial charge on any atom is -0.396 e. The van der Waals surface area contributed by atoms with E-state index in [4.69, 9.17) is 15.4 Å². The second-order valence-electron chi connectivity index (χ2n) is 3.41. The second-order valence-corrected chi connectivity index (χ2v) is 3.41. The van der Waals surface area contributed by atoms with Crippen LogP contribution in [0.2, 0.25) is 0 Å². The summed E-state index contributed by atoms with van der Waals surface area (Å²) < 4.78 is 5.04. The largest absolute Gasteiger partial charge is 0.396 e. The Morgan fingerprint density at radius 3 is 2.75 bits per heavy atom. The Morgan fingerprint density at radius 1 is 1.31 bits per heavy atom. The predicted molar refractivity (Wildman–Crippen MR) is 57.6 cm³/mol. The van der Waals surface area contributed by atoms with Crippen molar-refractivity contribution >= 4 is 0 Å². The van der Waals surface area contributed by atoms with Crippen LogP contribution in [0.1, 0.15) is 23.3 Å². The van der Waals surface area contributed by atoms with Gasteiger partial charge in [-0.05, 0) is 5.56 Å². The fraction of sp³-hybridized carbons (Fsp3) is 0.273. The highest BCUT2D eigenvalue weighted by Gasteiger charge is 2.15. The lowest BCUT2D eigenvalue weighted by Gasteiger charge is -2.05. The van der Waals surface area contributed by atoms with Crippen molar-refractivity contribution in [2.75, 3.05) is 6.61 Å². The lowest BCUT2D eigenvalue weighted by atomic mass is 10.1. The Balaban J connectivity index is 2.17. The molecule has 1 aromatic heterocycles. The van der Waals surface area contributed by atoms with Gasteiger partial charge in [0.2, 0.25) is 5.89 Å². The van der Waals surface area contributed by atoms with Gasteiger partial charge in [0.25, 0.3) is 0 Å². The number of hydrogen-bond donors (Lipinski definition) is 2. The van der Waals surface area contributed by atoms with Crippen LogP contribution >= 0.6 is 0 Å². The van der Waals surface area contributed by atoms with Crippen molar-refractivity contribution in [3.63, 3.8) is 0 Å². The highest BCUT2D eigenvalue weighted by molar-refractivity contribution is 5.22. The van der Waals surface area contributed by atoms with Gasteiger partial charge in [-0.25, -0.2) is 0 Å². The number of aromatic nitrogens is 2. The van der Waals surface area contributed by atoms with E-state index in [1.807, 2.05) is 30.3 Å². The molecule has 0 amide bonds. The molecule has 84 valence electrons. The first-order valence-electron chi connectivity index (χ1n) is 5.05. The molecule has 3 N–H and O–H groups in total. The molecule has 0 unspecified atom stereocenters. The molecule has 1 heterocycles. The Hall–Kier alpha value is -1.72. The summed E-state index contributed by atoms with van der Waals surface area (Å²) in [4.78, 5) is 4.11. The maximum Gasteiger partial charge on any atom is 0.248 e. The van der Waals surface area contributed by atoms with Gasteiger partial charge in [0.1, 0.15) is 6.04 Å². The van der Waals surface area contributed by atoms with Gasteiger partial charge < -0.3 is 15.4 Å². The third kappa shape index (κ3) is 2.26. The fourth-order valence-electron chi connectivity index (χ4n) is 1.40. The monoisotopic (exact) mass is 219 g/mol. The first kappa shape index (κ1) is 10.8. The summed E-state index contributed by atoms with van der Waals surface area (Å²) in [6.07, 6.45) is 0.380. The van der Waals surface area contributed by atoms with E-state index in [9.17, 15) is 0 Å². The molecule has 0 aliphatic heterocycles. The van der Waals surface area contributed by atoms with Crippen LogP contribution < -0.4 is 5.73 Å². The van der Waals surface area contributed by atoms with Gasteiger partial charge in [-0.3, -0.25) is 0 Å². The van der Waals surface area contributed by atoms with Crippen LogP contribution in [0.4, 0.5) is 0 Å². The SMILES string of the molecule is N[C@@H](c1ccccc1)c1nc(CCO)no1. The van der Waals surface area contributed by atoms with Crippen LogP contribution in [0, 0.1) is 0 Å². The van der Waals surface area contributed by atoms with Crippen molar-refractivity contribution in [3.05, 3.63) is 47.6 Å². The predicted octanol–water partition coefficient (Wildman–Crippen LogP) is 0.652. The summed E-state index contributed by atoms with van der Waals surface area (Å²) >= 11 is 0. The average Bonchev–Trinajstić information content (AvgIpc) is 2.78. The zero-order valence-corrected chi connectivity index (χ0v) is 8.71. The zero-order valence-electron chi connectivity index (χ0n) is 8.71. The molecule has 5 nitrogen and oxygen atoms in total. The molecular formula is C11H13N3O2. The van der Waals surface area contributed by atoms with E-state index in [0.717, 1.165) is 5.56 Å². The average molecular weight is 219 g/mol. The molecule has 0 bridgehead atoms. The highest BCUT2D eigenvalue weighted by Crippen LogP contribution is 2.17. The van der Waals surface area contributed by atoms with Gasteiger partial charge in [0.05, 0.1) is 6.61 Å². The fourth-order valence-corrected chi connectivity index (χ4v) is 1.40. The topological polar surface area (TPSA) is 85.2 Å². The number of aliphatic hydroxyl groups excluding tert-OH is 1. The quantitative estimate of drug-likeness (QED) is 0.788. The van der Waals surface area contributed by atoms with E-state index >= 15 is 0 Å². The lowest BCUT2D eigenvalue weighted by molar-refractivity contribution is 0.292. The molecule has 2 rings (SSSR count). The summed E-state index contributed by atoms with van der Waals surface area (Å²) in [7, 11) is 0. The summed E-state index contributed by atoms with van der Waals surface area (Å²) in [5.74, 6) is 0.846. The van der Waals surface area contributed by atoms with Crippen molar-refractivity contribution in [2.45, 2.75) is 12.5 Å². The van der Waals surface area contributed by atoms with E-state index in [1.165, 1.54) is 0 Å². The summed E-state index contributed by atoms with van der Waals surface area (Å²) in [6.45, 7) is -0.000448. The van der Waals surface area contributed by atoms with Gasteiger partial charge in [0.15, 0.2) is 5.82 Å². The molecule has 0 spiro atoms. The minimum atomic E-state index is -0.416. The van der Waals surface area contributed by atoms with Gasteiger partial charge in [-0.2, -0.15) is 4.98 Å². The van der Waals surface area contributed by atoms with E-state index in [1.54, 1.807) is 0 Å². The summed E-state index contributed by atoms with van der Waals surface area (Å²) in [5.41, 5.74) is 6.89. The van der Waals surface area contributed by atoms with Crippen molar-refractivity contribution in [3.8, 4) is 0 Å². The lowest BCUT2D eigenvalue weighted by Crippen LogP contribution is -2.12. The van der Waals surface area contributed by atoms with Crippen LogP contribution in [-0.4, -0.2) is 21.9 Å².